The maximum absolute atomic E-state index is 12.8. The van der Waals surface area contributed by atoms with Gasteiger partial charge in [-0.15, -0.1) is 0 Å². The van der Waals surface area contributed by atoms with Crippen LogP contribution >= 0.6 is 0 Å². The molecule has 0 aromatic carbocycles. The van der Waals surface area contributed by atoms with Crippen LogP contribution in [0.2, 0.25) is 0 Å². The van der Waals surface area contributed by atoms with Gasteiger partial charge in [0.1, 0.15) is 12.2 Å². The molecule has 0 radical (unpaired) electrons. The first kappa shape index (κ1) is 19.3. The molecule has 5 nitrogen and oxygen atoms in total. The summed E-state index contributed by atoms with van der Waals surface area (Å²) in [5, 5.41) is 11.5. The summed E-state index contributed by atoms with van der Waals surface area (Å²) in [5.41, 5.74) is -0.254. The minimum Gasteiger partial charge on any atom is -0.494 e. The van der Waals surface area contributed by atoms with Gasteiger partial charge in [0.15, 0.2) is 11.4 Å². The second-order valence-corrected chi connectivity index (χ2v) is 10.5. The minimum atomic E-state index is -1.39. The van der Waals surface area contributed by atoms with Gasteiger partial charge in [-0.05, 0) is 61.7 Å². The summed E-state index contributed by atoms with van der Waals surface area (Å²) in [6.07, 6.45) is 11.2. The van der Waals surface area contributed by atoms with Crippen molar-refractivity contribution in [3.8, 4) is 0 Å². The van der Waals surface area contributed by atoms with E-state index >= 15 is 0 Å². The number of carbonyl (C=O) groups excluding carboxylic acids is 2. The van der Waals surface area contributed by atoms with E-state index in [2.05, 4.69) is 19.9 Å². The summed E-state index contributed by atoms with van der Waals surface area (Å²) in [4.78, 5) is 24.2. The van der Waals surface area contributed by atoms with Gasteiger partial charge in [-0.3, -0.25) is 9.59 Å². The van der Waals surface area contributed by atoms with Crippen LogP contribution < -0.4 is 0 Å². The van der Waals surface area contributed by atoms with E-state index in [1.54, 1.807) is 0 Å². The summed E-state index contributed by atoms with van der Waals surface area (Å²) < 4.78 is 11.3. The fourth-order valence-electron chi connectivity index (χ4n) is 7.88. The van der Waals surface area contributed by atoms with Gasteiger partial charge in [-0.1, -0.05) is 25.5 Å². The lowest BCUT2D eigenvalue weighted by Crippen LogP contribution is -2.60. The third-order valence-corrected chi connectivity index (χ3v) is 9.42. The van der Waals surface area contributed by atoms with Crippen molar-refractivity contribution in [3.05, 3.63) is 24.0 Å². The number of hydrogen-bond donors (Lipinski definition) is 1. The fourth-order valence-corrected chi connectivity index (χ4v) is 7.88. The lowest BCUT2D eigenvalue weighted by Gasteiger charge is -2.58. The molecule has 29 heavy (non-hydrogen) atoms. The molecule has 158 valence electrons. The molecule has 1 heterocycles. The molecule has 3 saturated carbocycles. The number of ether oxygens (including phenoxy) is 2. The van der Waals surface area contributed by atoms with Crippen molar-refractivity contribution in [1.82, 2.24) is 0 Å². The van der Waals surface area contributed by atoms with Crippen LogP contribution in [0.1, 0.15) is 65.7 Å². The first-order valence-corrected chi connectivity index (χ1v) is 11.2. The average Bonchev–Trinajstić information content (AvgIpc) is 2.91. The largest absolute Gasteiger partial charge is 0.494 e. The van der Waals surface area contributed by atoms with E-state index in [4.69, 9.17) is 9.47 Å². The topological polar surface area (TPSA) is 72.8 Å². The van der Waals surface area contributed by atoms with Crippen LogP contribution in [0.3, 0.4) is 0 Å². The predicted molar refractivity (Wildman–Crippen MR) is 107 cm³/mol. The van der Waals surface area contributed by atoms with E-state index in [1.807, 2.05) is 0 Å². The molecule has 1 N–H and O–H groups in total. The normalized spacial score (nSPS) is 50.4. The van der Waals surface area contributed by atoms with E-state index in [0.29, 0.717) is 11.8 Å². The molecule has 5 heteroatoms. The highest BCUT2D eigenvalue weighted by Crippen LogP contribution is 2.68. The Kier molecular flexibility index (Phi) is 4.13. The minimum absolute atomic E-state index is 0.00406. The van der Waals surface area contributed by atoms with E-state index in [0.717, 1.165) is 44.9 Å². The van der Waals surface area contributed by atoms with E-state index in [1.165, 1.54) is 24.8 Å². The predicted octanol–water partition coefficient (Wildman–Crippen LogP) is 3.70. The number of allylic oxidation sites excluding steroid dienone is 1. The Balaban J connectivity index is 1.46. The molecule has 3 fully saturated rings. The molecule has 8 atom stereocenters. The molecule has 0 unspecified atom stereocenters. The summed E-state index contributed by atoms with van der Waals surface area (Å²) >= 11 is 0. The van der Waals surface area contributed by atoms with Crippen LogP contribution in [-0.2, 0) is 19.1 Å². The molecule has 0 aromatic rings. The first-order valence-electron chi connectivity index (χ1n) is 11.2. The van der Waals surface area contributed by atoms with Gasteiger partial charge in [0.25, 0.3) is 0 Å². The standard InChI is InChI=1S/C24H32O5/c1-14(25)29-16-6-9-22(2)15(12-16)4-5-17-18(22)7-10-23(3)19(17)13-21-24(23,27)20(26)8-11-28-21/h4,8,11,16-19,21,27H,5-7,9-10,12-13H2,1-3H3/t16-,17+,18+,19+,21+,22+,23+,24+/m0/s1. The zero-order valence-corrected chi connectivity index (χ0v) is 17.6. The Hall–Kier alpha value is -1.62. The van der Waals surface area contributed by atoms with E-state index in [9.17, 15) is 14.7 Å². The summed E-state index contributed by atoms with van der Waals surface area (Å²) in [6.45, 7) is 6.00. The molecule has 1 aliphatic heterocycles. The van der Waals surface area contributed by atoms with E-state index in [-0.39, 0.29) is 29.2 Å². The molecule has 0 saturated heterocycles. The lowest BCUT2D eigenvalue weighted by atomic mass is 9.46. The van der Waals surface area contributed by atoms with Crippen LogP contribution in [0, 0.1) is 28.6 Å². The number of fused-ring (bicyclic) bond motifs is 7. The third-order valence-electron chi connectivity index (χ3n) is 9.42. The maximum atomic E-state index is 12.8. The van der Waals surface area contributed by atoms with Crippen molar-refractivity contribution in [3.63, 3.8) is 0 Å². The first-order chi connectivity index (χ1) is 13.7. The number of ketones is 1. The van der Waals surface area contributed by atoms with Gasteiger partial charge >= 0.3 is 5.97 Å². The van der Waals surface area contributed by atoms with Crippen molar-refractivity contribution in [2.75, 3.05) is 0 Å². The maximum Gasteiger partial charge on any atom is 0.302 e. The number of carbonyl (C=O) groups is 2. The van der Waals surface area contributed by atoms with Crippen molar-refractivity contribution < 1.29 is 24.2 Å². The Morgan fingerprint density at radius 2 is 2.03 bits per heavy atom. The zero-order valence-electron chi connectivity index (χ0n) is 17.6. The molecule has 0 amide bonds. The highest BCUT2D eigenvalue weighted by atomic mass is 16.5. The van der Waals surface area contributed by atoms with Crippen LogP contribution in [0.15, 0.2) is 24.0 Å². The van der Waals surface area contributed by atoms with Crippen molar-refractivity contribution in [1.29, 1.82) is 0 Å². The van der Waals surface area contributed by atoms with Gasteiger partial charge in [0.05, 0.1) is 6.26 Å². The highest BCUT2D eigenvalue weighted by Gasteiger charge is 2.71. The lowest BCUT2D eigenvalue weighted by molar-refractivity contribution is -0.175. The van der Waals surface area contributed by atoms with Crippen LogP contribution in [-0.4, -0.2) is 34.7 Å². The second kappa shape index (κ2) is 6.19. The van der Waals surface area contributed by atoms with Gasteiger partial charge in [0, 0.05) is 24.8 Å². The molecule has 5 rings (SSSR count). The Labute approximate surface area is 172 Å². The van der Waals surface area contributed by atoms with E-state index < -0.39 is 17.1 Å². The molecule has 4 aliphatic carbocycles. The number of hydrogen-bond acceptors (Lipinski definition) is 5. The summed E-state index contributed by atoms with van der Waals surface area (Å²) in [6, 6.07) is 0. The zero-order chi connectivity index (χ0) is 20.6. The summed E-state index contributed by atoms with van der Waals surface area (Å²) in [5.74, 6) is 0.907. The number of esters is 1. The van der Waals surface area contributed by atoms with Crippen LogP contribution in [0.25, 0.3) is 0 Å². The molecule has 0 bridgehead atoms. The SMILES string of the molecule is CC(=O)O[C@H]1CC[C@]2(C)C(=CC[C@@H]3[C@H]2CC[C@]2(C)[C@@H]3C[C@H]3OC=CC(=O)[C@@]32O)C1. The van der Waals surface area contributed by atoms with Gasteiger partial charge in [-0.25, -0.2) is 0 Å². The van der Waals surface area contributed by atoms with Gasteiger partial charge in [-0.2, -0.15) is 0 Å². The Bertz CT molecular complexity index is 814. The van der Waals surface area contributed by atoms with Crippen molar-refractivity contribution in [2.45, 2.75) is 83.5 Å². The smallest absolute Gasteiger partial charge is 0.302 e. The second-order valence-electron chi connectivity index (χ2n) is 10.5. The molecule has 5 aliphatic rings. The summed E-state index contributed by atoms with van der Waals surface area (Å²) in [7, 11) is 0. The Morgan fingerprint density at radius 1 is 1.24 bits per heavy atom. The monoisotopic (exact) mass is 400 g/mol. The Morgan fingerprint density at radius 3 is 2.79 bits per heavy atom. The quantitative estimate of drug-likeness (QED) is 0.537. The van der Waals surface area contributed by atoms with Crippen molar-refractivity contribution in [2.24, 2.45) is 28.6 Å². The number of aliphatic hydroxyl groups is 1. The molecular weight excluding hydrogens is 368 g/mol. The molecular formula is C24H32O5. The third kappa shape index (κ3) is 2.43. The molecule has 0 aromatic heterocycles. The van der Waals surface area contributed by atoms with Gasteiger partial charge < -0.3 is 14.6 Å². The molecule has 0 spiro atoms. The van der Waals surface area contributed by atoms with Crippen LogP contribution in [0.5, 0.6) is 0 Å². The average molecular weight is 401 g/mol. The number of rotatable bonds is 1. The van der Waals surface area contributed by atoms with Crippen molar-refractivity contribution >= 4 is 11.8 Å². The fraction of sp³-hybridized carbons (Fsp3) is 0.750. The van der Waals surface area contributed by atoms with Gasteiger partial charge in [0.2, 0.25) is 0 Å². The highest BCUT2D eigenvalue weighted by molar-refractivity contribution is 5.99. The van der Waals surface area contributed by atoms with Crippen LogP contribution in [0.4, 0.5) is 0 Å².